The van der Waals surface area contributed by atoms with Gasteiger partial charge in [0.1, 0.15) is 5.75 Å². The van der Waals surface area contributed by atoms with Gasteiger partial charge in [0.15, 0.2) is 6.61 Å². The molecule has 0 heterocycles. The topological polar surface area (TPSA) is 93.7 Å². The summed E-state index contributed by atoms with van der Waals surface area (Å²) in [5.74, 6) is -0.220. The van der Waals surface area contributed by atoms with Gasteiger partial charge in [-0.1, -0.05) is 19.9 Å². The van der Waals surface area contributed by atoms with Crippen LogP contribution in [0.3, 0.4) is 0 Å². The number of hydrogen-bond acceptors (Lipinski definition) is 5. The molecule has 1 rings (SSSR count). The van der Waals surface area contributed by atoms with Crippen LogP contribution in [0.15, 0.2) is 24.3 Å². The smallest absolute Gasteiger partial charge is 0.338 e. The summed E-state index contributed by atoms with van der Waals surface area (Å²) in [5, 5.41) is 4.77. The molecular weight excluding hydrogens is 312 g/mol. The second-order valence-corrected chi connectivity index (χ2v) is 5.52. The summed E-state index contributed by atoms with van der Waals surface area (Å²) in [7, 11) is 0. The summed E-state index contributed by atoms with van der Waals surface area (Å²) in [5.41, 5.74) is 0.334. The Kier molecular flexibility index (Phi) is 8.32. The highest BCUT2D eigenvalue weighted by molar-refractivity contribution is 5.95. The van der Waals surface area contributed by atoms with Crippen LogP contribution < -0.4 is 15.4 Å². The highest BCUT2D eigenvalue weighted by Crippen LogP contribution is 2.14. The number of urea groups is 1. The third-order valence-corrected chi connectivity index (χ3v) is 2.98. The lowest BCUT2D eigenvalue weighted by atomic mass is 10.1. The lowest BCUT2D eigenvalue weighted by molar-refractivity contribution is -0.122. The minimum absolute atomic E-state index is 0.276. The van der Waals surface area contributed by atoms with Crippen LogP contribution in [0.5, 0.6) is 5.75 Å². The number of esters is 1. The molecule has 0 aliphatic heterocycles. The molecular formula is C17H24N2O5. The summed E-state index contributed by atoms with van der Waals surface area (Å²) >= 11 is 0. The Balaban J connectivity index is 2.40. The van der Waals surface area contributed by atoms with Crippen molar-refractivity contribution in [2.24, 2.45) is 5.92 Å². The van der Waals surface area contributed by atoms with Crippen molar-refractivity contribution in [2.75, 3.05) is 19.8 Å². The van der Waals surface area contributed by atoms with E-state index in [0.717, 1.165) is 6.42 Å². The third-order valence-electron chi connectivity index (χ3n) is 2.98. The van der Waals surface area contributed by atoms with Gasteiger partial charge in [-0.2, -0.15) is 0 Å². The van der Waals surface area contributed by atoms with Crippen LogP contribution in [0, 0.1) is 5.92 Å². The minimum atomic E-state index is -0.571. The molecule has 0 saturated heterocycles. The van der Waals surface area contributed by atoms with Crippen molar-refractivity contribution >= 4 is 17.9 Å². The SMILES string of the molecule is CCOC(=O)c1cccc(OCC(=O)NC(=O)NCCC(C)C)c1. The molecule has 1 aromatic rings. The first kappa shape index (κ1) is 19.5. The van der Waals surface area contributed by atoms with E-state index in [-0.39, 0.29) is 13.2 Å². The van der Waals surface area contributed by atoms with E-state index in [2.05, 4.69) is 10.6 Å². The fourth-order valence-electron chi connectivity index (χ4n) is 1.76. The Morgan fingerprint density at radius 1 is 1.21 bits per heavy atom. The van der Waals surface area contributed by atoms with Gasteiger partial charge in [-0.05, 0) is 37.5 Å². The zero-order valence-electron chi connectivity index (χ0n) is 14.3. The molecule has 24 heavy (non-hydrogen) atoms. The van der Waals surface area contributed by atoms with Crippen molar-refractivity contribution in [3.05, 3.63) is 29.8 Å². The van der Waals surface area contributed by atoms with Crippen LogP contribution in [0.2, 0.25) is 0 Å². The molecule has 7 heteroatoms. The van der Waals surface area contributed by atoms with E-state index >= 15 is 0 Å². The summed E-state index contributed by atoms with van der Waals surface area (Å²) < 4.78 is 10.2. The number of nitrogens with one attached hydrogen (secondary N) is 2. The maximum Gasteiger partial charge on any atom is 0.338 e. The molecule has 0 bridgehead atoms. The molecule has 1 aromatic carbocycles. The number of carbonyl (C=O) groups excluding carboxylic acids is 3. The Morgan fingerprint density at radius 3 is 2.62 bits per heavy atom. The standard InChI is InChI=1S/C17H24N2O5/c1-4-23-16(21)13-6-5-7-14(10-13)24-11-15(20)19-17(22)18-9-8-12(2)3/h5-7,10,12H,4,8-9,11H2,1-3H3,(H2,18,19,20,22). The fraction of sp³-hybridized carbons (Fsp3) is 0.471. The van der Waals surface area contributed by atoms with Crippen LogP contribution in [-0.2, 0) is 9.53 Å². The van der Waals surface area contributed by atoms with Crippen molar-refractivity contribution in [2.45, 2.75) is 27.2 Å². The van der Waals surface area contributed by atoms with Crippen LogP contribution >= 0.6 is 0 Å². The molecule has 0 saturated carbocycles. The van der Waals surface area contributed by atoms with Crippen molar-refractivity contribution in [1.29, 1.82) is 0 Å². The van der Waals surface area contributed by atoms with Gasteiger partial charge in [0, 0.05) is 6.54 Å². The van der Waals surface area contributed by atoms with Crippen molar-refractivity contribution in [1.82, 2.24) is 10.6 Å². The first-order valence-electron chi connectivity index (χ1n) is 7.90. The number of benzene rings is 1. The highest BCUT2D eigenvalue weighted by Gasteiger charge is 2.10. The average Bonchev–Trinajstić information content (AvgIpc) is 2.53. The van der Waals surface area contributed by atoms with E-state index in [1.54, 1.807) is 25.1 Å². The molecule has 0 aromatic heterocycles. The molecule has 0 aliphatic carbocycles. The van der Waals surface area contributed by atoms with Crippen LogP contribution in [0.1, 0.15) is 37.6 Å². The predicted octanol–water partition coefficient (Wildman–Crippen LogP) is 2.11. The number of imide groups is 1. The van der Waals surface area contributed by atoms with Gasteiger partial charge in [0.05, 0.1) is 12.2 Å². The summed E-state index contributed by atoms with van der Waals surface area (Å²) in [4.78, 5) is 34.8. The van der Waals surface area contributed by atoms with Crippen LogP contribution in [-0.4, -0.2) is 37.7 Å². The summed E-state index contributed by atoms with van der Waals surface area (Å²) in [6, 6.07) is 5.75. The van der Waals surface area contributed by atoms with Gasteiger partial charge < -0.3 is 14.8 Å². The van der Waals surface area contributed by atoms with Crippen LogP contribution in [0.4, 0.5) is 4.79 Å². The first-order valence-corrected chi connectivity index (χ1v) is 7.90. The molecule has 3 amide bonds. The lowest BCUT2D eigenvalue weighted by Gasteiger charge is -2.09. The number of rotatable bonds is 8. The van der Waals surface area contributed by atoms with Crippen molar-refractivity contribution in [3.8, 4) is 5.75 Å². The Labute approximate surface area is 141 Å². The van der Waals surface area contributed by atoms with Gasteiger partial charge in [0.25, 0.3) is 5.91 Å². The van der Waals surface area contributed by atoms with Crippen molar-refractivity contribution < 1.29 is 23.9 Å². The largest absolute Gasteiger partial charge is 0.484 e. The van der Waals surface area contributed by atoms with Crippen LogP contribution in [0.25, 0.3) is 0 Å². The number of amides is 3. The maximum atomic E-state index is 11.7. The van der Waals surface area contributed by atoms with Crippen molar-refractivity contribution in [3.63, 3.8) is 0 Å². The van der Waals surface area contributed by atoms with E-state index in [1.807, 2.05) is 13.8 Å². The maximum absolute atomic E-state index is 11.7. The van der Waals surface area contributed by atoms with Gasteiger partial charge in [-0.15, -0.1) is 0 Å². The molecule has 0 radical (unpaired) electrons. The van der Waals surface area contributed by atoms with Gasteiger partial charge in [0.2, 0.25) is 0 Å². The monoisotopic (exact) mass is 336 g/mol. The van der Waals surface area contributed by atoms with E-state index in [0.29, 0.717) is 23.8 Å². The molecule has 0 spiro atoms. The third kappa shape index (κ3) is 7.62. The number of carbonyl (C=O) groups is 3. The molecule has 0 unspecified atom stereocenters. The lowest BCUT2D eigenvalue weighted by Crippen LogP contribution is -2.42. The number of hydrogen-bond donors (Lipinski definition) is 2. The molecule has 132 valence electrons. The van der Waals surface area contributed by atoms with Gasteiger partial charge >= 0.3 is 12.0 Å². The Bertz CT molecular complexity index is 572. The molecule has 2 N–H and O–H groups in total. The minimum Gasteiger partial charge on any atom is -0.484 e. The molecule has 0 atom stereocenters. The zero-order chi connectivity index (χ0) is 17.9. The normalized spacial score (nSPS) is 10.2. The summed E-state index contributed by atoms with van der Waals surface area (Å²) in [6.45, 7) is 6.25. The Hall–Kier alpha value is -2.57. The summed E-state index contributed by atoms with van der Waals surface area (Å²) in [6.07, 6.45) is 0.832. The highest BCUT2D eigenvalue weighted by atomic mass is 16.5. The Morgan fingerprint density at radius 2 is 1.96 bits per heavy atom. The van der Waals surface area contributed by atoms with E-state index < -0.39 is 17.9 Å². The molecule has 0 fully saturated rings. The average molecular weight is 336 g/mol. The second-order valence-electron chi connectivity index (χ2n) is 5.52. The fourth-order valence-corrected chi connectivity index (χ4v) is 1.76. The first-order chi connectivity index (χ1) is 11.4. The van der Waals surface area contributed by atoms with Gasteiger partial charge in [-0.3, -0.25) is 10.1 Å². The van der Waals surface area contributed by atoms with E-state index in [1.165, 1.54) is 6.07 Å². The predicted molar refractivity (Wildman–Crippen MR) is 88.9 cm³/mol. The second kappa shape index (κ2) is 10.3. The van der Waals surface area contributed by atoms with E-state index in [9.17, 15) is 14.4 Å². The quantitative estimate of drug-likeness (QED) is 0.709. The van der Waals surface area contributed by atoms with Gasteiger partial charge in [-0.25, -0.2) is 9.59 Å². The van der Waals surface area contributed by atoms with E-state index in [4.69, 9.17) is 9.47 Å². The zero-order valence-corrected chi connectivity index (χ0v) is 14.3. The number of ether oxygens (including phenoxy) is 2. The molecule has 7 nitrogen and oxygen atoms in total. The molecule has 0 aliphatic rings.